The first-order chi connectivity index (χ1) is 10.4. The third kappa shape index (κ3) is 4.54. The number of ether oxygens (including phenoxy) is 1. The largest absolute Gasteiger partial charge is 0.434 e. The second-order valence-electron chi connectivity index (χ2n) is 5.96. The molecule has 0 radical (unpaired) electrons. The second-order valence-corrected chi connectivity index (χ2v) is 5.96. The third-order valence-electron chi connectivity index (χ3n) is 4.26. The Labute approximate surface area is 141 Å². The molecule has 23 heavy (non-hydrogen) atoms. The lowest BCUT2D eigenvalue weighted by Gasteiger charge is -2.29. The van der Waals surface area contributed by atoms with Crippen LogP contribution in [0.5, 0.6) is 5.75 Å². The van der Waals surface area contributed by atoms with E-state index in [0.717, 1.165) is 25.7 Å². The van der Waals surface area contributed by atoms with E-state index >= 15 is 0 Å². The number of hydrogen-bond acceptors (Lipinski definition) is 3. The van der Waals surface area contributed by atoms with Gasteiger partial charge in [0, 0.05) is 12.1 Å². The van der Waals surface area contributed by atoms with Crippen LogP contribution in [0.3, 0.4) is 0 Å². The van der Waals surface area contributed by atoms with Gasteiger partial charge >= 0.3 is 6.61 Å². The fraction of sp³-hybridized carbons (Fsp3) is 0.562. The number of amides is 1. The van der Waals surface area contributed by atoms with E-state index in [1.165, 1.54) is 0 Å². The average molecular weight is 349 g/mol. The van der Waals surface area contributed by atoms with Gasteiger partial charge < -0.3 is 15.8 Å². The van der Waals surface area contributed by atoms with Crippen molar-refractivity contribution < 1.29 is 18.3 Å². The molecule has 1 aliphatic rings. The molecular formula is C16H23ClF2N2O2. The van der Waals surface area contributed by atoms with Crippen molar-refractivity contribution in [3.8, 4) is 5.75 Å². The summed E-state index contributed by atoms with van der Waals surface area (Å²) in [6.45, 7) is 0.825. The fourth-order valence-corrected chi connectivity index (χ4v) is 3.10. The molecule has 2 rings (SSSR count). The molecular weight excluding hydrogens is 326 g/mol. The van der Waals surface area contributed by atoms with Gasteiger partial charge in [-0.1, -0.05) is 12.8 Å². The van der Waals surface area contributed by atoms with Gasteiger partial charge in [-0.3, -0.25) is 4.79 Å². The van der Waals surface area contributed by atoms with E-state index in [1.54, 1.807) is 26.0 Å². The lowest BCUT2D eigenvalue weighted by atomic mass is 9.96. The van der Waals surface area contributed by atoms with E-state index in [4.69, 9.17) is 5.73 Å². The third-order valence-corrected chi connectivity index (χ3v) is 4.26. The highest BCUT2D eigenvalue weighted by atomic mass is 35.5. The monoisotopic (exact) mass is 348 g/mol. The number of carbonyl (C=O) groups excluding carboxylic acids is 1. The van der Waals surface area contributed by atoms with Crippen molar-refractivity contribution in [2.75, 3.05) is 6.54 Å². The van der Waals surface area contributed by atoms with Crippen LogP contribution in [0.25, 0.3) is 0 Å². The lowest BCUT2D eigenvalue weighted by molar-refractivity contribution is -0.0507. The summed E-state index contributed by atoms with van der Waals surface area (Å²) in [5.41, 5.74) is 6.95. The molecule has 1 aliphatic carbocycles. The zero-order valence-electron chi connectivity index (χ0n) is 13.3. The molecule has 1 fully saturated rings. The molecule has 0 bridgehead atoms. The van der Waals surface area contributed by atoms with Gasteiger partial charge in [-0.15, -0.1) is 12.4 Å². The van der Waals surface area contributed by atoms with Gasteiger partial charge in [-0.25, -0.2) is 0 Å². The Kier molecular flexibility index (Phi) is 6.77. The number of nitrogens with one attached hydrogen (secondary N) is 1. The number of halogens is 3. The van der Waals surface area contributed by atoms with Gasteiger partial charge in [0.2, 0.25) is 0 Å². The number of nitrogens with two attached hydrogens (primary N) is 1. The standard InChI is InChI=1S/C16H22F2N2O2.ClH/c1-10-7-12(8-11(2)13(10)22-15(17)18)14(21)20-16(9-19)5-3-4-6-16;/h7-8,15H,3-6,9,19H2,1-2H3,(H,20,21);1H. The molecule has 0 heterocycles. The number of rotatable bonds is 5. The maximum absolute atomic E-state index is 12.4. The Morgan fingerprint density at radius 2 is 1.83 bits per heavy atom. The summed E-state index contributed by atoms with van der Waals surface area (Å²) in [7, 11) is 0. The van der Waals surface area contributed by atoms with Gasteiger partial charge in [0.15, 0.2) is 0 Å². The molecule has 0 aliphatic heterocycles. The smallest absolute Gasteiger partial charge is 0.387 e. The Morgan fingerprint density at radius 1 is 1.30 bits per heavy atom. The highest BCUT2D eigenvalue weighted by Crippen LogP contribution is 2.30. The van der Waals surface area contributed by atoms with Gasteiger partial charge in [-0.2, -0.15) is 8.78 Å². The molecule has 0 unspecified atom stereocenters. The maximum Gasteiger partial charge on any atom is 0.387 e. The highest BCUT2D eigenvalue weighted by Gasteiger charge is 2.34. The first kappa shape index (κ1) is 19.6. The van der Waals surface area contributed by atoms with E-state index in [2.05, 4.69) is 10.1 Å². The summed E-state index contributed by atoms with van der Waals surface area (Å²) in [6, 6.07) is 3.14. The molecule has 0 spiro atoms. The minimum Gasteiger partial charge on any atom is -0.434 e. The molecule has 1 aromatic carbocycles. The topological polar surface area (TPSA) is 64.4 Å². The van der Waals surface area contributed by atoms with Gasteiger partial charge in [0.05, 0.1) is 5.54 Å². The summed E-state index contributed by atoms with van der Waals surface area (Å²) < 4.78 is 29.3. The van der Waals surface area contributed by atoms with E-state index in [9.17, 15) is 13.6 Å². The Hall–Kier alpha value is -1.40. The van der Waals surface area contributed by atoms with Crippen LogP contribution >= 0.6 is 12.4 Å². The molecule has 0 atom stereocenters. The number of aryl methyl sites for hydroxylation is 2. The number of benzene rings is 1. The number of hydrogen-bond donors (Lipinski definition) is 2. The van der Waals surface area contributed by atoms with Crippen LogP contribution in [-0.4, -0.2) is 24.6 Å². The molecule has 1 saturated carbocycles. The zero-order chi connectivity index (χ0) is 16.3. The predicted octanol–water partition coefficient (Wildman–Crippen LogP) is 3.33. The van der Waals surface area contributed by atoms with Crippen molar-refractivity contribution in [3.63, 3.8) is 0 Å². The number of alkyl halides is 2. The Morgan fingerprint density at radius 3 is 2.26 bits per heavy atom. The van der Waals surface area contributed by atoms with Crippen molar-refractivity contribution in [2.45, 2.75) is 51.7 Å². The molecule has 1 aromatic rings. The van der Waals surface area contributed by atoms with Crippen molar-refractivity contribution in [3.05, 3.63) is 28.8 Å². The Bertz CT molecular complexity index is 538. The van der Waals surface area contributed by atoms with Crippen LogP contribution in [0.1, 0.15) is 47.2 Å². The number of carbonyl (C=O) groups is 1. The minimum absolute atomic E-state index is 0. The van der Waals surface area contributed by atoms with E-state index in [-0.39, 0.29) is 29.6 Å². The van der Waals surface area contributed by atoms with Crippen molar-refractivity contribution >= 4 is 18.3 Å². The van der Waals surface area contributed by atoms with Crippen molar-refractivity contribution in [1.29, 1.82) is 0 Å². The highest BCUT2D eigenvalue weighted by molar-refractivity contribution is 5.95. The van der Waals surface area contributed by atoms with Gasteiger partial charge in [-0.05, 0) is 49.9 Å². The Balaban J connectivity index is 0.00000264. The molecule has 0 aromatic heterocycles. The average Bonchev–Trinajstić information content (AvgIpc) is 2.91. The zero-order valence-corrected chi connectivity index (χ0v) is 14.1. The van der Waals surface area contributed by atoms with Crippen LogP contribution < -0.4 is 15.8 Å². The summed E-state index contributed by atoms with van der Waals surface area (Å²) in [6.07, 6.45) is 3.85. The normalized spacial score (nSPS) is 16.1. The minimum atomic E-state index is -2.88. The van der Waals surface area contributed by atoms with Crippen molar-refractivity contribution in [1.82, 2.24) is 5.32 Å². The summed E-state index contributed by atoms with van der Waals surface area (Å²) in [4.78, 5) is 12.4. The lowest BCUT2D eigenvalue weighted by Crippen LogP contribution is -2.51. The fourth-order valence-electron chi connectivity index (χ4n) is 3.10. The summed E-state index contributed by atoms with van der Waals surface area (Å²) >= 11 is 0. The molecule has 3 N–H and O–H groups in total. The van der Waals surface area contributed by atoms with Crippen LogP contribution in [0, 0.1) is 13.8 Å². The summed E-state index contributed by atoms with van der Waals surface area (Å²) in [5.74, 6) is -0.0944. The summed E-state index contributed by atoms with van der Waals surface area (Å²) in [5, 5.41) is 3.02. The van der Waals surface area contributed by atoms with Crippen LogP contribution in [0.2, 0.25) is 0 Å². The van der Waals surface area contributed by atoms with E-state index in [1.807, 2.05) is 0 Å². The second kappa shape index (κ2) is 7.93. The van der Waals surface area contributed by atoms with Crippen molar-refractivity contribution in [2.24, 2.45) is 5.73 Å². The van der Waals surface area contributed by atoms with Gasteiger partial charge in [0.1, 0.15) is 5.75 Å². The van der Waals surface area contributed by atoms with E-state index < -0.39 is 6.61 Å². The van der Waals surface area contributed by atoms with E-state index in [0.29, 0.717) is 23.2 Å². The predicted molar refractivity (Wildman–Crippen MR) is 87.5 cm³/mol. The van der Waals surface area contributed by atoms with Crippen LogP contribution in [-0.2, 0) is 0 Å². The molecule has 0 saturated heterocycles. The first-order valence-electron chi connectivity index (χ1n) is 7.45. The van der Waals surface area contributed by atoms with Crippen LogP contribution in [0.15, 0.2) is 12.1 Å². The molecule has 4 nitrogen and oxygen atoms in total. The quantitative estimate of drug-likeness (QED) is 0.857. The molecule has 7 heteroatoms. The van der Waals surface area contributed by atoms with Crippen LogP contribution in [0.4, 0.5) is 8.78 Å². The van der Waals surface area contributed by atoms with Gasteiger partial charge in [0.25, 0.3) is 5.91 Å². The first-order valence-corrected chi connectivity index (χ1v) is 7.45. The molecule has 130 valence electrons. The maximum atomic E-state index is 12.4. The SMILES string of the molecule is Cc1cc(C(=O)NC2(CN)CCCC2)cc(C)c1OC(F)F.Cl. The molecule has 1 amide bonds.